The van der Waals surface area contributed by atoms with Crippen LogP contribution in [0.2, 0.25) is 10.0 Å². The molecular weight excluding hydrogens is 444 g/mol. The van der Waals surface area contributed by atoms with Gasteiger partial charge >= 0.3 is 6.18 Å². The van der Waals surface area contributed by atoms with E-state index in [9.17, 15) is 18.0 Å². The molecule has 0 spiro atoms. The van der Waals surface area contributed by atoms with Crippen molar-refractivity contribution in [3.8, 4) is 0 Å². The molecule has 3 rings (SSSR count). The Morgan fingerprint density at radius 2 is 1.77 bits per heavy atom. The Bertz CT molecular complexity index is 917. The fourth-order valence-electron chi connectivity index (χ4n) is 3.22. The summed E-state index contributed by atoms with van der Waals surface area (Å²) >= 11 is 11.9. The van der Waals surface area contributed by atoms with Crippen LogP contribution in [0.3, 0.4) is 0 Å². The van der Waals surface area contributed by atoms with Crippen LogP contribution in [0.1, 0.15) is 24.4 Å². The van der Waals surface area contributed by atoms with Crippen molar-refractivity contribution in [2.45, 2.75) is 30.6 Å². The minimum Gasteiger partial charge on any atom is -0.382 e. The van der Waals surface area contributed by atoms with Crippen LogP contribution in [-0.4, -0.2) is 40.7 Å². The molecule has 1 aromatic heterocycles. The number of carbonyl (C=O) groups is 1. The molecule has 1 aliphatic heterocycles. The number of aromatic nitrogens is 2. The zero-order valence-corrected chi connectivity index (χ0v) is 17.1. The average molecular weight is 463 g/mol. The number of nitrogen functional groups attached to an aromatic ring is 1. The average Bonchev–Trinajstić information content (AvgIpc) is 2.69. The molecule has 0 bridgehead atoms. The fraction of sp³-hybridized carbons (Fsp3) is 0.389. The third-order valence-electron chi connectivity index (χ3n) is 5.01. The first-order valence-corrected chi connectivity index (χ1v) is 9.70. The number of halogens is 5. The van der Waals surface area contributed by atoms with Crippen molar-refractivity contribution in [3.63, 3.8) is 0 Å². The van der Waals surface area contributed by atoms with Gasteiger partial charge in [0.1, 0.15) is 17.2 Å². The van der Waals surface area contributed by atoms with Crippen LogP contribution in [0, 0.1) is 0 Å². The molecule has 2 heterocycles. The summed E-state index contributed by atoms with van der Waals surface area (Å²) in [5.74, 6) is -0.381. The van der Waals surface area contributed by atoms with Crippen molar-refractivity contribution in [1.29, 1.82) is 0 Å². The van der Waals surface area contributed by atoms with E-state index in [1.165, 1.54) is 30.6 Å². The number of hydrogen-bond donors (Lipinski definition) is 3. The monoisotopic (exact) mass is 462 g/mol. The maximum atomic E-state index is 13.6. The van der Waals surface area contributed by atoms with Crippen LogP contribution in [0.25, 0.3) is 0 Å². The minimum absolute atomic E-state index is 0.101. The van der Waals surface area contributed by atoms with E-state index in [2.05, 4.69) is 15.3 Å². The van der Waals surface area contributed by atoms with Gasteiger partial charge < -0.3 is 21.7 Å². The van der Waals surface area contributed by atoms with Gasteiger partial charge in [0, 0.05) is 18.1 Å². The Balaban J connectivity index is 1.73. The minimum atomic E-state index is -4.70. The molecule has 1 fully saturated rings. The van der Waals surface area contributed by atoms with E-state index in [-0.39, 0.29) is 47.4 Å². The maximum absolute atomic E-state index is 13.6. The quantitative estimate of drug-likeness (QED) is 0.643. The second-order valence-corrected chi connectivity index (χ2v) is 7.85. The van der Waals surface area contributed by atoms with Gasteiger partial charge in [0.15, 0.2) is 11.9 Å². The molecule has 30 heavy (non-hydrogen) atoms. The van der Waals surface area contributed by atoms with Crippen LogP contribution < -0.4 is 21.7 Å². The van der Waals surface area contributed by atoms with Gasteiger partial charge in [-0.25, -0.2) is 9.97 Å². The number of hydrogen-bond acceptors (Lipinski definition) is 6. The second-order valence-electron chi connectivity index (χ2n) is 7.04. The lowest BCUT2D eigenvalue weighted by molar-refractivity contribution is -0.165. The van der Waals surface area contributed by atoms with Gasteiger partial charge in [-0.2, -0.15) is 13.2 Å². The molecule has 162 valence electrons. The number of alkyl halides is 3. The van der Waals surface area contributed by atoms with E-state index in [0.717, 1.165) is 0 Å². The number of amides is 1. The molecule has 1 aliphatic rings. The number of carbonyl (C=O) groups excluding carboxylic acids is 1. The number of benzene rings is 1. The molecule has 1 atom stereocenters. The van der Waals surface area contributed by atoms with Crippen molar-refractivity contribution < 1.29 is 18.0 Å². The highest BCUT2D eigenvalue weighted by Crippen LogP contribution is 2.35. The van der Waals surface area contributed by atoms with E-state index in [1.54, 1.807) is 4.90 Å². The van der Waals surface area contributed by atoms with Crippen molar-refractivity contribution in [3.05, 3.63) is 46.2 Å². The zero-order valence-electron chi connectivity index (χ0n) is 15.6. The Labute approximate surface area is 180 Å². The Morgan fingerprint density at radius 1 is 1.17 bits per heavy atom. The number of nitrogens with one attached hydrogen (secondary N) is 1. The van der Waals surface area contributed by atoms with Crippen LogP contribution in [0.5, 0.6) is 0 Å². The molecule has 1 saturated heterocycles. The van der Waals surface area contributed by atoms with Crippen LogP contribution in [0.4, 0.5) is 24.8 Å². The van der Waals surface area contributed by atoms with E-state index < -0.39 is 23.7 Å². The van der Waals surface area contributed by atoms with Gasteiger partial charge in [0.2, 0.25) is 5.91 Å². The number of nitrogens with zero attached hydrogens (tertiary/aromatic N) is 3. The number of nitrogens with two attached hydrogens (primary N) is 2. The van der Waals surface area contributed by atoms with Crippen molar-refractivity contribution in [1.82, 2.24) is 15.3 Å². The van der Waals surface area contributed by atoms with E-state index in [1.807, 2.05) is 0 Å². The summed E-state index contributed by atoms with van der Waals surface area (Å²) in [5.41, 5.74) is 10.3. The van der Waals surface area contributed by atoms with Crippen molar-refractivity contribution in [2.24, 2.45) is 5.73 Å². The smallest absolute Gasteiger partial charge is 0.382 e. The highest BCUT2D eigenvalue weighted by molar-refractivity contribution is 6.35. The Kier molecular flexibility index (Phi) is 6.30. The van der Waals surface area contributed by atoms with Gasteiger partial charge in [0.05, 0.1) is 5.54 Å². The summed E-state index contributed by atoms with van der Waals surface area (Å²) in [7, 11) is 0. The zero-order chi connectivity index (χ0) is 22.1. The fourth-order valence-corrected chi connectivity index (χ4v) is 3.57. The topological polar surface area (TPSA) is 110 Å². The lowest BCUT2D eigenvalue weighted by atomic mass is 9.87. The standard InChI is InChI=1S/C18H19Cl2F3N6O/c19-11-3-1-10(2-4-11)13(18(21,22)23)28-16(30)17(25)5-7-29(8-6-17)15-12(20)14(24)26-9-27-15/h1-4,9,13H,5-8,25H2,(H,28,30)(H2,24,26,27). The SMILES string of the molecule is Nc1ncnc(N2CCC(N)(C(=O)NC(c3ccc(Cl)cc3)C(F)(F)F)CC2)c1Cl. The molecule has 1 unspecified atom stereocenters. The van der Waals surface area contributed by atoms with Gasteiger partial charge in [-0.3, -0.25) is 4.79 Å². The molecule has 0 aliphatic carbocycles. The summed E-state index contributed by atoms with van der Waals surface area (Å²) in [5, 5.41) is 2.52. The molecule has 5 N–H and O–H groups in total. The van der Waals surface area contributed by atoms with Crippen LogP contribution in [0.15, 0.2) is 30.6 Å². The first kappa shape index (κ1) is 22.4. The van der Waals surface area contributed by atoms with Gasteiger partial charge in [0.25, 0.3) is 0 Å². The molecule has 1 amide bonds. The number of piperidine rings is 1. The van der Waals surface area contributed by atoms with Gasteiger partial charge in [-0.1, -0.05) is 35.3 Å². The summed E-state index contributed by atoms with van der Waals surface area (Å²) < 4.78 is 40.8. The highest BCUT2D eigenvalue weighted by Gasteiger charge is 2.46. The Morgan fingerprint density at radius 3 is 2.33 bits per heavy atom. The van der Waals surface area contributed by atoms with Crippen LogP contribution >= 0.6 is 23.2 Å². The lowest BCUT2D eigenvalue weighted by Crippen LogP contribution is -2.61. The van der Waals surface area contributed by atoms with E-state index >= 15 is 0 Å². The first-order valence-electron chi connectivity index (χ1n) is 8.94. The molecule has 1 aromatic carbocycles. The van der Waals surface area contributed by atoms with Gasteiger partial charge in [-0.15, -0.1) is 0 Å². The third kappa shape index (κ3) is 4.71. The third-order valence-corrected chi connectivity index (χ3v) is 5.63. The Hall–Kier alpha value is -2.30. The molecular formula is C18H19Cl2F3N6O. The molecule has 12 heteroatoms. The van der Waals surface area contributed by atoms with Crippen molar-refractivity contribution in [2.75, 3.05) is 23.7 Å². The number of anilines is 2. The van der Waals surface area contributed by atoms with Gasteiger partial charge in [-0.05, 0) is 30.5 Å². The predicted molar refractivity (Wildman–Crippen MR) is 108 cm³/mol. The first-order chi connectivity index (χ1) is 14.0. The van der Waals surface area contributed by atoms with E-state index in [0.29, 0.717) is 5.82 Å². The largest absolute Gasteiger partial charge is 0.412 e. The summed E-state index contributed by atoms with van der Waals surface area (Å²) in [6.07, 6.45) is -3.24. The maximum Gasteiger partial charge on any atom is 0.412 e. The highest BCUT2D eigenvalue weighted by atomic mass is 35.5. The summed E-state index contributed by atoms with van der Waals surface area (Å²) in [6.45, 7) is 0.523. The lowest BCUT2D eigenvalue weighted by Gasteiger charge is -2.39. The molecule has 2 aromatic rings. The molecule has 0 saturated carbocycles. The normalized spacial score (nSPS) is 17.5. The number of rotatable bonds is 4. The second kappa shape index (κ2) is 8.44. The molecule has 7 nitrogen and oxygen atoms in total. The molecule has 0 radical (unpaired) electrons. The van der Waals surface area contributed by atoms with Crippen molar-refractivity contribution >= 4 is 40.7 Å². The van der Waals surface area contributed by atoms with Crippen LogP contribution in [-0.2, 0) is 4.79 Å². The predicted octanol–water partition coefficient (Wildman–Crippen LogP) is 3.08. The summed E-state index contributed by atoms with van der Waals surface area (Å²) in [6, 6.07) is 2.89. The summed E-state index contributed by atoms with van der Waals surface area (Å²) in [4.78, 5) is 22.4. The van der Waals surface area contributed by atoms with E-state index in [4.69, 9.17) is 34.7 Å².